The fraction of sp³-hybridized carbons (Fsp3) is 0.350. The highest BCUT2D eigenvalue weighted by Crippen LogP contribution is 2.40. The maximum absolute atomic E-state index is 6.33. The van der Waals surface area contributed by atoms with E-state index in [1.165, 1.54) is 6.33 Å². The Labute approximate surface area is 168 Å². The van der Waals surface area contributed by atoms with Gasteiger partial charge in [0, 0.05) is 17.8 Å². The van der Waals surface area contributed by atoms with Crippen LogP contribution in [0.5, 0.6) is 11.6 Å². The van der Waals surface area contributed by atoms with Gasteiger partial charge in [0.2, 0.25) is 11.7 Å². The fourth-order valence-corrected chi connectivity index (χ4v) is 3.41. The van der Waals surface area contributed by atoms with Gasteiger partial charge in [-0.15, -0.1) is 0 Å². The smallest absolute Gasteiger partial charge is 0.219 e. The maximum atomic E-state index is 6.33. The first kappa shape index (κ1) is 18.9. The number of aryl methyl sites for hydroxylation is 1. The van der Waals surface area contributed by atoms with Crippen molar-refractivity contribution in [3.8, 4) is 11.6 Å². The molecule has 2 aromatic heterocycles. The zero-order valence-corrected chi connectivity index (χ0v) is 16.4. The van der Waals surface area contributed by atoms with Crippen LogP contribution in [-0.4, -0.2) is 32.9 Å². The van der Waals surface area contributed by atoms with Gasteiger partial charge in [0.25, 0.3) is 0 Å². The van der Waals surface area contributed by atoms with Crippen molar-refractivity contribution in [3.63, 3.8) is 0 Å². The molecule has 0 amide bonds. The second-order valence-electron chi connectivity index (χ2n) is 6.71. The lowest BCUT2D eigenvalue weighted by Crippen LogP contribution is -2.32. The Bertz CT molecular complexity index is 933. The van der Waals surface area contributed by atoms with E-state index in [-0.39, 0.29) is 6.10 Å². The summed E-state index contributed by atoms with van der Waals surface area (Å²) in [6.45, 7) is 4.63. The van der Waals surface area contributed by atoms with Crippen LogP contribution in [0.25, 0.3) is 0 Å². The predicted octanol–water partition coefficient (Wildman–Crippen LogP) is 4.17. The van der Waals surface area contributed by atoms with Crippen molar-refractivity contribution in [3.05, 3.63) is 64.8 Å². The minimum absolute atomic E-state index is 0.0384. The maximum Gasteiger partial charge on any atom is 0.219 e. The molecule has 0 aliphatic carbocycles. The van der Waals surface area contributed by atoms with Crippen molar-refractivity contribution in [2.45, 2.75) is 38.6 Å². The fourth-order valence-electron chi connectivity index (χ4n) is 3.30. The van der Waals surface area contributed by atoms with Crippen LogP contribution in [-0.2, 0) is 21.7 Å². The summed E-state index contributed by atoms with van der Waals surface area (Å²) >= 11 is 5.87. The second kappa shape index (κ2) is 7.87. The molecule has 1 saturated heterocycles. The van der Waals surface area contributed by atoms with E-state index < -0.39 is 5.79 Å². The lowest BCUT2D eigenvalue weighted by molar-refractivity contribution is -0.177. The standard InChI is InChI=1S/C20H21ClN4O3/c1-3-15-11-26-20(28-15,9-18-23-12-24-25-18)17-6-5-16(8-13(17)2)27-19-7-4-14(21)10-22-19/h4-8,10,12,15H,3,9,11H2,1-2H3,(H,23,24,25). The van der Waals surface area contributed by atoms with Crippen LogP contribution in [0.1, 0.15) is 30.3 Å². The van der Waals surface area contributed by atoms with E-state index in [4.69, 9.17) is 25.8 Å². The first-order valence-corrected chi connectivity index (χ1v) is 9.52. The Morgan fingerprint density at radius 1 is 1.29 bits per heavy atom. The predicted molar refractivity (Wildman–Crippen MR) is 103 cm³/mol. The number of aromatic nitrogens is 4. The molecule has 1 N–H and O–H groups in total. The summed E-state index contributed by atoms with van der Waals surface area (Å²) in [5.74, 6) is 0.964. The Balaban J connectivity index is 1.62. The average Bonchev–Trinajstić information content (AvgIpc) is 3.34. The van der Waals surface area contributed by atoms with Gasteiger partial charge >= 0.3 is 0 Å². The summed E-state index contributed by atoms with van der Waals surface area (Å²) in [5, 5.41) is 7.39. The summed E-state index contributed by atoms with van der Waals surface area (Å²) in [6.07, 6.45) is 4.40. The van der Waals surface area contributed by atoms with Gasteiger partial charge in [-0.25, -0.2) is 9.97 Å². The number of rotatable bonds is 6. The minimum atomic E-state index is -0.901. The lowest BCUT2D eigenvalue weighted by Gasteiger charge is -2.29. The van der Waals surface area contributed by atoms with E-state index in [2.05, 4.69) is 27.1 Å². The van der Waals surface area contributed by atoms with Crippen LogP contribution in [0.2, 0.25) is 5.02 Å². The number of H-pyrrole nitrogens is 1. The molecule has 0 bridgehead atoms. The Kier molecular flexibility index (Phi) is 5.30. The molecule has 146 valence electrons. The normalized spacial score (nSPS) is 21.8. The molecule has 2 atom stereocenters. The topological polar surface area (TPSA) is 82.2 Å². The highest BCUT2D eigenvalue weighted by atomic mass is 35.5. The van der Waals surface area contributed by atoms with Crippen molar-refractivity contribution >= 4 is 11.6 Å². The van der Waals surface area contributed by atoms with Crippen LogP contribution in [0, 0.1) is 6.92 Å². The lowest BCUT2D eigenvalue weighted by atomic mass is 9.96. The highest BCUT2D eigenvalue weighted by Gasteiger charge is 2.44. The summed E-state index contributed by atoms with van der Waals surface area (Å²) in [7, 11) is 0. The van der Waals surface area contributed by atoms with Gasteiger partial charge in [-0.1, -0.05) is 18.5 Å². The molecule has 28 heavy (non-hydrogen) atoms. The molecular weight excluding hydrogens is 380 g/mol. The number of pyridine rings is 1. The van der Waals surface area contributed by atoms with Gasteiger partial charge in [-0.3, -0.25) is 5.10 Å². The molecule has 8 heteroatoms. The number of nitrogens with one attached hydrogen (secondary N) is 1. The molecule has 2 unspecified atom stereocenters. The molecule has 1 aliphatic heterocycles. The third kappa shape index (κ3) is 3.87. The quantitative estimate of drug-likeness (QED) is 0.668. The monoisotopic (exact) mass is 400 g/mol. The Morgan fingerprint density at radius 3 is 2.82 bits per heavy atom. The van der Waals surface area contributed by atoms with Gasteiger partial charge < -0.3 is 14.2 Å². The zero-order chi connectivity index (χ0) is 19.6. The Morgan fingerprint density at radius 2 is 2.18 bits per heavy atom. The van der Waals surface area contributed by atoms with Crippen LogP contribution in [0.4, 0.5) is 0 Å². The molecular formula is C20H21ClN4O3. The van der Waals surface area contributed by atoms with Gasteiger partial charge in [0.1, 0.15) is 17.9 Å². The first-order valence-electron chi connectivity index (χ1n) is 9.14. The molecule has 3 aromatic rings. The summed E-state index contributed by atoms with van der Waals surface area (Å²) < 4.78 is 18.3. The summed E-state index contributed by atoms with van der Waals surface area (Å²) in [6, 6.07) is 9.26. The summed E-state index contributed by atoms with van der Waals surface area (Å²) in [5.41, 5.74) is 1.93. The van der Waals surface area contributed by atoms with Crippen molar-refractivity contribution < 1.29 is 14.2 Å². The average molecular weight is 401 g/mol. The molecule has 7 nitrogen and oxygen atoms in total. The largest absolute Gasteiger partial charge is 0.439 e. The zero-order valence-electron chi connectivity index (χ0n) is 15.7. The van der Waals surface area contributed by atoms with Crippen molar-refractivity contribution in [2.75, 3.05) is 6.61 Å². The van der Waals surface area contributed by atoms with E-state index in [1.54, 1.807) is 18.3 Å². The van der Waals surface area contributed by atoms with E-state index in [1.807, 2.05) is 25.1 Å². The minimum Gasteiger partial charge on any atom is -0.439 e. The molecule has 1 aromatic carbocycles. The second-order valence-corrected chi connectivity index (χ2v) is 7.15. The molecule has 1 fully saturated rings. The number of hydrogen-bond acceptors (Lipinski definition) is 6. The van der Waals surface area contributed by atoms with Gasteiger partial charge in [0.05, 0.1) is 24.2 Å². The van der Waals surface area contributed by atoms with Gasteiger partial charge in [0.15, 0.2) is 0 Å². The van der Waals surface area contributed by atoms with Crippen molar-refractivity contribution in [1.29, 1.82) is 0 Å². The van der Waals surface area contributed by atoms with Crippen LogP contribution < -0.4 is 4.74 Å². The van der Waals surface area contributed by atoms with E-state index in [0.717, 1.165) is 17.5 Å². The number of hydrogen-bond donors (Lipinski definition) is 1. The van der Waals surface area contributed by atoms with E-state index >= 15 is 0 Å². The first-order chi connectivity index (χ1) is 13.6. The molecule has 0 radical (unpaired) electrons. The van der Waals surface area contributed by atoms with Gasteiger partial charge in [-0.05, 0) is 43.2 Å². The molecule has 0 spiro atoms. The number of aromatic amines is 1. The SMILES string of the molecule is CCC1COC(Cc2ncn[nH]2)(c2ccc(Oc3ccc(Cl)cn3)cc2C)O1. The van der Waals surface area contributed by atoms with E-state index in [0.29, 0.717) is 35.5 Å². The van der Waals surface area contributed by atoms with Crippen molar-refractivity contribution in [1.82, 2.24) is 20.2 Å². The molecule has 4 rings (SSSR count). The number of nitrogens with zero attached hydrogens (tertiary/aromatic N) is 3. The van der Waals surface area contributed by atoms with Gasteiger partial charge in [-0.2, -0.15) is 5.10 Å². The third-order valence-electron chi connectivity index (χ3n) is 4.71. The highest BCUT2D eigenvalue weighted by molar-refractivity contribution is 6.30. The van der Waals surface area contributed by atoms with Crippen LogP contribution >= 0.6 is 11.6 Å². The molecule has 3 heterocycles. The Hall–Kier alpha value is -2.48. The molecule has 1 aliphatic rings. The molecule has 0 saturated carbocycles. The number of benzene rings is 1. The summed E-state index contributed by atoms with van der Waals surface area (Å²) in [4.78, 5) is 8.41. The van der Waals surface area contributed by atoms with E-state index in [9.17, 15) is 0 Å². The number of ether oxygens (including phenoxy) is 3. The number of halogens is 1. The van der Waals surface area contributed by atoms with Crippen LogP contribution in [0.15, 0.2) is 42.9 Å². The third-order valence-corrected chi connectivity index (χ3v) is 4.93. The van der Waals surface area contributed by atoms with Crippen LogP contribution in [0.3, 0.4) is 0 Å². The van der Waals surface area contributed by atoms with Crippen molar-refractivity contribution in [2.24, 2.45) is 0 Å².